The molecule has 4 atom stereocenters. The third-order valence-electron chi connectivity index (χ3n) is 4.75. The SMILES string of the molecule is Oc1cc(O)c2cc(O[C@@H]3OC[C@@H](O)[C@@H](O)[C@@H]3O)c(-c3ccc(O)c(O)c3)[o+]c2c1. The number of phenolic OH excluding ortho intramolecular Hbond substituents is 4. The van der Waals surface area contributed by atoms with Gasteiger partial charge in [0.25, 0.3) is 0 Å². The van der Waals surface area contributed by atoms with Gasteiger partial charge in [-0.15, -0.1) is 0 Å². The van der Waals surface area contributed by atoms with Gasteiger partial charge < -0.3 is 45.2 Å². The van der Waals surface area contributed by atoms with Crippen molar-refractivity contribution in [3.63, 3.8) is 0 Å². The molecule has 0 radical (unpaired) electrons. The summed E-state index contributed by atoms with van der Waals surface area (Å²) in [6.07, 6.45) is -5.76. The van der Waals surface area contributed by atoms with Crippen LogP contribution in [0.15, 0.2) is 40.8 Å². The summed E-state index contributed by atoms with van der Waals surface area (Å²) in [6, 6.07) is 7.56. The first-order chi connectivity index (χ1) is 14.2. The van der Waals surface area contributed by atoms with Gasteiger partial charge in [0.2, 0.25) is 12.0 Å². The Balaban J connectivity index is 1.84. The summed E-state index contributed by atoms with van der Waals surface area (Å²) in [6.45, 7) is -0.290. The minimum Gasteiger partial charge on any atom is -0.507 e. The minimum atomic E-state index is -1.58. The Labute approximate surface area is 169 Å². The van der Waals surface area contributed by atoms with Crippen LogP contribution in [0.25, 0.3) is 22.3 Å². The molecule has 158 valence electrons. The number of hydrogen-bond donors (Lipinski definition) is 7. The van der Waals surface area contributed by atoms with Gasteiger partial charge in [-0.3, -0.25) is 0 Å². The van der Waals surface area contributed by atoms with Crippen molar-refractivity contribution in [1.29, 1.82) is 0 Å². The molecular formula is C20H19O10+. The molecule has 30 heavy (non-hydrogen) atoms. The molecule has 2 heterocycles. The highest BCUT2D eigenvalue weighted by Crippen LogP contribution is 2.41. The lowest BCUT2D eigenvalue weighted by molar-refractivity contribution is -0.242. The van der Waals surface area contributed by atoms with Gasteiger partial charge in [0.1, 0.15) is 35.2 Å². The van der Waals surface area contributed by atoms with Crippen molar-refractivity contribution in [2.45, 2.75) is 24.6 Å². The van der Waals surface area contributed by atoms with Crippen LogP contribution < -0.4 is 4.74 Å². The molecule has 10 nitrogen and oxygen atoms in total. The number of benzene rings is 2. The monoisotopic (exact) mass is 419 g/mol. The van der Waals surface area contributed by atoms with Crippen molar-refractivity contribution >= 4 is 11.0 Å². The fourth-order valence-corrected chi connectivity index (χ4v) is 3.15. The topological polar surface area (TPSA) is 171 Å². The van der Waals surface area contributed by atoms with E-state index in [9.17, 15) is 35.7 Å². The van der Waals surface area contributed by atoms with Crippen LogP contribution in [-0.4, -0.2) is 67.0 Å². The molecule has 1 aliphatic rings. The Morgan fingerprint density at radius 1 is 0.867 bits per heavy atom. The Morgan fingerprint density at radius 2 is 1.63 bits per heavy atom. The summed E-state index contributed by atoms with van der Waals surface area (Å²) in [5.74, 6) is -1.37. The van der Waals surface area contributed by atoms with E-state index >= 15 is 0 Å². The summed E-state index contributed by atoms with van der Waals surface area (Å²) in [7, 11) is 0. The van der Waals surface area contributed by atoms with Crippen LogP contribution in [0, 0.1) is 0 Å². The molecule has 0 saturated carbocycles. The van der Waals surface area contributed by atoms with Gasteiger partial charge in [0.05, 0.1) is 18.2 Å². The summed E-state index contributed by atoms with van der Waals surface area (Å²) < 4.78 is 16.7. The lowest BCUT2D eigenvalue weighted by Gasteiger charge is -2.34. The first-order valence-electron chi connectivity index (χ1n) is 8.92. The summed E-state index contributed by atoms with van der Waals surface area (Å²) >= 11 is 0. The highest BCUT2D eigenvalue weighted by atomic mass is 16.7. The Morgan fingerprint density at radius 3 is 2.37 bits per heavy atom. The molecule has 0 unspecified atom stereocenters. The van der Waals surface area contributed by atoms with E-state index in [1.54, 1.807) is 0 Å². The molecule has 1 saturated heterocycles. The number of fused-ring (bicyclic) bond motifs is 1. The molecule has 2 aromatic carbocycles. The van der Waals surface area contributed by atoms with Gasteiger partial charge in [0.15, 0.2) is 11.5 Å². The molecule has 4 rings (SSSR count). The standard InChI is InChI=1S/C20H18O10/c21-9-4-12(23)10-6-16(30-20-18(27)17(26)14(25)7-28-20)19(29-15(10)5-9)8-1-2-11(22)13(24)3-8/h1-6,14,17-18,20,25-27H,7H2,(H3-,21,22,23,24)/p+1/t14-,17-,18+,20+/m1/s1. The Bertz CT molecular complexity index is 1100. The molecule has 0 spiro atoms. The van der Waals surface area contributed by atoms with Crippen LogP contribution >= 0.6 is 0 Å². The van der Waals surface area contributed by atoms with Crippen LogP contribution in [0.2, 0.25) is 0 Å². The second-order valence-corrected chi connectivity index (χ2v) is 6.89. The molecule has 1 aromatic heterocycles. The minimum absolute atomic E-state index is 0.0132. The number of rotatable bonds is 3. The first kappa shape index (κ1) is 20.0. The Hall–Kier alpha value is -3.31. The highest BCUT2D eigenvalue weighted by molar-refractivity contribution is 5.88. The molecule has 10 heteroatoms. The van der Waals surface area contributed by atoms with Crippen molar-refractivity contribution in [2.75, 3.05) is 6.61 Å². The second kappa shape index (κ2) is 7.50. The lowest BCUT2D eigenvalue weighted by atomic mass is 10.1. The van der Waals surface area contributed by atoms with Gasteiger partial charge in [0, 0.05) is 18.2 Å². The molecular weight excluding hydrogens is 400 g/mol. The van der Waals surface area contributed by atoms with Crippen molar-refractivity contribution in [1.82, 2.24) is 0 Å². The van der Waals surface area contributed by atoms with E-state index < -0.39 is 30.4 Å². The average molecular weight is 419 g/mol. The molecule has 0 amide bonds. The van der Waals surface area contributed by atoms with Gasteiger partial charge >= 0.3 is 11.3 Å². The van der Waals surface area contributed by atoms with E-state index in [4.69, 9.17) is 13.9 Å². The van der Waals surface area contributed by atoms with Gasteiger partial charge in [-0.25, -0.2) is 4.42 Å². The fourth-order valence-electron chi connectivity index (χ4n) is 3.15. The number of aliphatic hydroxyl groups is 3. The predicted octanol–water partition coefficient (Wildman–Crippen LogP) is 1.02. The van der Waals surface area contributed by atoms with Crippen molar-refractivity contribution in [3.05, 3.63) is 36.4 Å². The number of aliphatic hydroxyl groups excluding tert-OH is 3. The summed E-state index contributed by atoms with van der Waals surface area (Å²) in [5, 5.41) is 69.1. The third kappa shape index (κ3) is 3.53. The van der Waals surface area contributed by atoms with E-state index in [1.807, 2.05) is 0 Å². The van der Waals surface area contributed by atoms with Crippen molar-refractivity contribution in [3.8, 4) is 40.1 Å². The highest BCUT2D eigenvalue weighted by Gasteiger charge is 2.40. The summed E-state index contributed by atoms with van der Waals surface area (Å²) in [5.41, 5.74) is 0.346. The zero-order chi connectivity index (χ0) is 21.6. The van der Waals surface area contributed by atoms with Crippen LogP contribution in [0.4, 0.5) is 0 Å². The summed E-state index contributed by atoms with van der Waals surface area (Å²) in [4.78, 5) is 0. The number of aromatic hydroxyl groups is 4. The smallest absolute Gasteiger partial charge is 0.402 e. The molecule has 3 aromatic rings. The van der Waals surface area contributed by atoms with Crippen LogP contribution in [0.3, 0.4) is 0 Å². The average Bonchev–Trinajstić information content (AvgIpc) is 2.70. The number of ether oxygens (including phenoxy) is 2. The quantitative estimate of drug-likeness (QED) is 0.240. The molecule has 1 fully saturated rings. The van der Waals surface area contributed by atoms with E-state index in [2.05, 4.69) is 0 Å². The van der Waals surface area contributed by atoms with E-state index in [1.165, 1.54) is 30.3 Å². The van der Waals surface area contributed by atoms with E-state index in [0.29, 0.717) is 0 Å². The van der Waals surface area contributed by atoms with E-state index in [0.717, 1.165) is 6.07 Å². The van der Waals surface area contributed by atoms with Gasteiger partial charge in [-0.2, -0.15) is 0 Å². The van der Waals surface area contributed by atoms with Crippen LogP contribution in [0.5, 0.6) is 28.7 Å². The molecule has 7 N–H and O–H groups in total. The zero-order valence-electron chi connectivity index (χ0n) is 15.3. The zero-order valence-corrected chi connectivity index (χ0v) is 15.3. The first-order valence-corrected chi connectivity index (χ1v) is 8.92. The second-order valence-electron chi connectivity index (χ2n) is 6.89. The van der Waals surface area contributed by atoms with Crippen LogP contribution in [-0.2, 0) is 4.74 Å². The predicted molar refractivity (Wildman–Crippen MR) is 101 cm³/mol. The third-order valence-corrected chi connectivity index (χ3v) is 4.75. The maximum atomic E-state index is 10.2. The molecule has 0 bridgehead atoms. The fraction of sp³-hybridized carbons (Fsp3) is 0.250. The molecule has 1 aliphatic heterocycles. The van der Waals surface area contributed by atoms with Crippen LogP contribution in [0.1, 0.15) is 0 Å². The largest absolute Gasteiger partial charge is 0.507 e. The van der Waals surface area contributed by atoms with Gasteiger partial charge in [-0.05, 0) is 12.1 Å². The maximum absolute atomic E-state index is 10.2. The van der Waals surface area contributed by atoms with Crippen molar-refractivity contribution in [2.24, 2.45) is 0 Å². The van der Waals surface area contributed by atoms with Crippen molar-refractivity contribution < 1.29 is 49.6 Å². The number of phenols is 4. The maximum Gasteiger partial charge on any atom is 0.402 e. The number of hydrogen-bond acceptors (Lipinski definition) is 9. The van der Waals surface area contributed by atoms with Gasteiger partial charge in [-0.1, -0.05) is 0 Å². The normalized spacial score (nSPS) is 24.1. The lowest BCUT2D eigenvalue weighted by Crippen LogP contribution is -2.54. The van der Waals surface area contributed by atoms with E-state index in [-0.39, 0.29) is 51.9 Å². The Kier molecular flexibility index (Phi) is 5.00. The molecule has 0 aliphatic carbocycles.